The van der Waals surface area contributed by atoms with Gasteiger partial charge in [0.05, 0.1) is 12.8 Å². The van der Waals surface area contributed by atoms with Crippen LogP contribution in [0, 0.1) is 0 Å². The van der Waals surface area contributed by atoms with Crippen molar-refractivity contribution < 1.29 is 9.53 Å². The summed E-state index contributed by atoms with van der Waals surface area (Å²) in [7, 11) is 1.59. The normalized spacial score (nSPS) is 10.9. The Kier molecular flexibility index (Phi) is 4.40. The lowest BCUT2D eigenvalue weighted by Crippen LogP contribution is -2.43. The summed E-state index contributed by atoms with van der Waals surface area (Å²) in [6, 6.07) is 5.15. The van der Waals surface area contributed by atoms with Gasteiger partial charge in [0.1, 0.15) is 5.75 Å². The number of urea groups is 1. The molecule has 0 unspecified atom stereocenters. The van der Waals surface area contributed by atoms with Crippen molar-refractivity contribution >= 4 is 27.6 Å². The molecule has 0 heterocycles. The van der Waals surface area contributed by atoms with E-state index in [4.69, 9.17) is 4.74 Å². The maximum Gasteiger partial charge on any atom is 0.319 e. The monoisotopic (exact) mass is 300 g/mol. The predicted octanol–water partition coefficient (Wildman–Crippen LogP) is 3.38. The Morgan fingerprint density at radius 2 is 2.00 bits per heavy atom. The van der Waals surface area contributed by atoms with E-state index in [1.165, 1.54) is 0 Å². The van der Waals surface area contributed by atoms with E-state index < -0.39 is 0 Å². The lowest BCUT2D eigenvalue weighted by atomic mass is 10.1. The van der Waals surface area contributed by atoms with Crippen molar-refractivity contribution in [2.24, 2.45) is 0 Å². The van der Waals surface area contributed by atoms with Crippen LogP contribution in [0.1, 0.15) is 20.8 Å². The van der Waals surface area contributed by atoms with Crippen molar-refractivity contribution in [3.05, 3.63) is 22.7 Å². The zero-order chi connectivity index (χ0) is 13.1. The summed E-state index contributed by atoms with van der Waals surface area (Å²) in [4.78, 5) is 11.7. The fourth-order valence-electron chi connectivity index (χ4n) is 1.22. The van der Waals surface area contributed by atoms with E-state index in [9.17, 15) is 4.79 Å². The van der Waals surface area contributed by atoms with Crippen LogP contribution >= 0.6 is 15.9 Å². The van der Waals surface area contributed by atoms with Gasteiger partial charge < -0.3 is 15.4 Å². The molecular weight excluding hydrogens is 284 g/mol. The van der Waals surface area contributed by atoms with E-state index >= 15 is 0 Å². The first-order valence-electron chi connectivity index (χ1n) is 5.24. The number of ether oxygens (including phenoxy) is 1. The van der Waals surface area contributed by atoms with Gasteiger partial charge in [0.25, 0.3) is 0 Å². The molecule has 0 aliphatic rings. The minimum absolute atomic E-state index is 0.244. The molecular formula is C12H17BrN2O2. The summed E-state index contributed by atoms with van der Waals surface area (Å²) in [5, 5.41) is 5.59. The number of nitrogens with one attached hydrogen (secondary N) is 2. The summed E-state index contributed by atoms with van der Waals surface area (Å²) in [5.74, 6) is 0.694. The van der Waals surface area contributed by atoms with Crippen molar-refractivity contribution in [2.75, 3.05) is 12.4 Å². The SMILES string of the molecule is COc1ccc(Br)c(NC(=O)NC(C)(C)C)c1. The molecule has 0 saturated heterocycles. The van der Waals surface area contributed by atoms with Crippen LogP contribution in [-0.2, 0) is 0 Å². The molecule has 1 aromatic carbocycles. The highest BCUT2D eigenvalue weighted by Gasteiger charge is 2.14. The van der Waals surface area contributed by atoms with Crippen LogP contribution in [0.5, 0.6) is 5.75 Å². The quantitative estimate of drug-likeness (QED) is 0.880. The van der Waals surface area contributed by atoms with Crippen molar-refractivity contribution in [1.82, 2.24) is 5.32 Å². The Balaban J connectivity index is 2.77. The molecule has 0 fully saturated rings. The highest BCUT2D eigenvalue weighted by atomic mass is 79.9. The molecule has 0 aliphatic heterocycles. The number of anilines is 1. The molecule has 1 aromatic rings. The number of amides is 2. The van der Waals surface area contributed by atoms with Crippen LogP contribution in [-0.4, -0.2) is 18.7 Å². The van der Waals surface area contributed by atoms with Crippen molar-refractivity contribution in [3.8, 4) is 5.75 Å². The Morgan fingerprint density at radius 1 is 1.35 bits per heavy atom. The molecule has 2 N–H and O–H groups in total. The van der Waals surface area contributed by atoms with E-state index in [1.807, 2.05) is 32.9 Å². The number of hydrogen-bond acceptors (Lipinski definition) is 2. The summed E-state index contributed by atoms with van der Waals surface area (Å²) in [5.41, 5.74) is 0.404. The third-order valence-electron chi connectivity index (χ3n) is 1.91. The molecule has 0 radical (unpaired) electrons. The first-order chi connectivity index (χ1) is 7.81. The van der Waals surface area contributed by atoms with Crippen molar-refractivity contribution in [1.29, 1.82) is 0 Å². The molecule has 0 bridgehead atoms. The maximum atomic E-state index is 11.7. The minimum Gasteiger partial charge on any atom is -0.497 e. The van der Waals surface area contributed by atoms with Crippen LogP contribution in [0.25, 0.3) is 0 Å². The van der Waals surface area contributed by atoms with Gasteiger partial charge in [-0.3, -0.25) is 0 Å². The van der Waals surface area contributed by atoms with Crippen LogP contribution in [0.3, 0.4) is 0 Å². The fraction of sp³-hybridized carbons (Fsp3) is 0.417. The standard InChI is InChI=1S/C12H17BrN2O2/c1-12(2,3)15-11(16)14-10-7-8(17-4)5-6-9(10)13/h5-7H,1-4H3,(H2,14,15,16). The van der Waals surface area contributed by atoms with Gasteiger partial charge in [0.2, 0.25) is 0 Å². The largest absolute Gasteiger partial charge is 0.497 e. The van der Waals surface area contributed by atoms with Gasteiger partial charge in [-0.2, -0.15) is 0 Å². The molecule has 5 heteroatoms. The zero-order valence-electron chi connectivity index (χ0n) is 10.4. The lowest BCUT2D eigenvalue weighted by Gasteiger charge is -2.21. The number of benzene rings is 1. The Labute approximate surface area is 110 Å². The molecule has 94 valence electrons. The van der Waals surface area contributed by atoms with Gasteiger partial charge in [-0.15, -0.1) is 0 Å². The topological polar surface area (TPSA) is 50.4 Å². The minimum atomic E-state index is -0.268. The first-order valence-corrected chi connectivity index (χ1v) is 6.04. The maximum absolute atomic E-state index is 11.7. The van der Waals surface area contributed by atoms with Gasteiger partial charge in [0.15, 0.2) is 0 Å². The summed E-state index contributed by atoms with van der Waals surface area (Å²) < 4.78 is 5.91. The molecule has 2 amide bonds. The van der Waals surface area contributed by atoms with Gasteiger partial charge in [-0.25, -0.2) is 4.79 Å². The fourth-order valence-corrected chi connectivity index (χ4v) is 1.57. The average Bonchev–Trinajstić information content (AvgIpc) is 2.18. The number of carbonyl (C=O) groups excluding carboxylic acids is 1. The Morgan fingerprint density at radius 3 is 2.53 bits per heavy atom. The highest BCUT2D eigenvalue weighted by Crippen LogP contribution is 2.27. The van der Waals surface area contributed by atoms with E-state index in [1.54, 1.807) is 13.2 Å². The third-order valence-corrected chi connectivity index (χ3v) is 2.60. The second kappa shape index (κ2) is 5.40. The predicted molar refractivity (Wildman–Crippen MR) is 72.6 cm³/mol. The molecule has 0 aliphatic carbocycles. The molecule has 0 spiro atoms. The second-order valence-corrected chi connectivity index (χ2v) is 5.53. The summed E-state index contributed by atoms with van der Waals surface area (Å²) >= 11 is 3.37. The number of methoxy groups -OCH3 is 1. The molecule has 17 heavy (non-hydrogen) atoms. The summed E-state index contributed by atoms with van der Waals surface area (Å²) in [6.07, 6.45) is 0. The average molecular weight is 301 g/mol. The van der Waals surface area contributed by atoms with Crippen molar-refractivity contribution in [2.45, 2.75) is 26.3 Å². The van der Waals surface area contributed by atoms with E-state index in [-0.39, 0.29) is 11.6 Å². The highest BCUT2D eigenvalue weighted by molar-refractivity contribution is 9.10. The Hall–Kier alpha value is -1.23. The zero-order valence-corrected chi connectivity index (χ0v) is 12.0. The lowest BCUT2D eigenvalue weighted by molar-refractivity contribution is 0.244. The van der Waals surface area contributed by atoms with E-state index in [0.29, 0.717) is 11.4 Å². The first kappa shape index (κ1) is 13.8. The molecule has 4 nitrogen and oxygen atoms in total. The van der Waals surface area contributed by atoms with Crippen LogP contribution in [0.15, 0.2) is 22.7 Å². The van der Waals surface area contributed by atoms with E-state index in [0.717, 1.165) is 4.47 Å². The smallest absolute Gasteiger partial charge is 0.319 e. The number of rotatable bonds is 2. The van der Waals surface area contributed by atoms with E-state index in [2.05, 4.69) is 26.6 Å². The second-order valence-electron chi connectivity index (χ2n) is 4.67. The van der Waals surface area contributed by atoms with Gasteiger partial charge >= 0.3 is 6.03 Å². The molecule has 0 saturated carbocycles. The van der Waals surface area contributed by atoms with Crippen LogP contribution < -0.4 is 15.4 Å². The molecule has 0 atom stereocenters. The number of hydrogen-bond donors (Lipinski definition) is 2. The van der Waals surface area contributed by atoms with Gasteiger partial charge in [-0.1, -0.05) is 0 Å². The number of carbonyl (C=O) groups is 1. The van der Waals surface area contributed by atoms with Crippen molar-refractivity contribution in [3.63, 3.8) is 0 Å². The Bertz CT molecular complexity index is 413. The molecule has 0 aromatic heterocycles. The molecule has 1 rings (SSSR count). The number of halogens is 1. The third kappa shape index (κ3) is 4.65. The van der Waals surface area contributed by atoms with Crippen LogP contribution in [0.4, 0.5) is 10.5 Å². The van der Waals surface area contributed by atoms with Gasteiger partial charge in [0, 0.05) is 16.1 Å². The summed E-state index contributed by atoms with van der Waals surface area (Å²) in [6.45, 7) is 5.77. The van der Waals surface area contributed by atoms with Gasteiger partial charge in [-0.05, 0) is 48.8 Å². The van der Waals surface area contributed by atoms with Crippen LogP contribution in [0.2, 0.25) is 0 Å².